The molecule has 5 heteroatoms. The molecule has 0 bridgehead atoms. The summed E-state index contributed by atoms with van der Waals surface area (Å²) in [5.41, 5.74) is 2.12. The first-order chi connectivity index (χ1) is 10.4. The van der Waals surface area contributed by atoms with Crippen molar-refractivity contribution in [2.24, 2.45) is 0 Å². The van der Waals surface area contributed by atoms with Crippen LogP contribution in [-0.2, 0) is 9.59 Å². The van der Waals surface area contributed by atoms with E-state index in [9.17, 15) is 9.59 Å². The SMILES string of the molecule is Cc1ccc(C(C)C)c(OCC(=O)N2CCC[C@@H]2C(=O)O)c1. The molecule has 0 aromatic heterocycles. The van der Waals surface area contributed by atoms with Gasteiger partial charge in [0.1, 0.15) is 11.8 Å². The topological polar surface area (TPSA) is 66.8 Å². The average molecular weight is 305 g/mol. The van der Waals surface area contributed by atoms with Gasteiger partial charge in [-0.1, -0.05) is 26.0 Å². The van der Waals surface area contributed by atoms with Crippen LogP contribution < -0.4 is 4.74 Å². The molecular formula is C17H23NO4. The fraction of sp³-hybridized carbons (Fsp3) is 0.529. The number of amides is 1. The minimum atomic E-state index is -0.940. The van der Waals surface area contributed by atoms with E-state index in [0.29, 0.717) is 24.6 Å². The molecule has 2 rings (SSSR count). The average Bonchev–Trinajstić information content (AvgIpc) is 2.94. The van der Waals surface area contributed by atoms with Gasteiger partial charge in [0, 0.05) is 6.54 Å². The van der Waals surface area contributed by atoms with Crippen molar-refractivity contribution in [1.29, 1.82) is 0 Å². The summed E-state index contributed by atoms with van der Waals surface area (Å²) in [6.45, 7) is 6.48. The molecule has 0 spiro atoms. The van der Waals surface area contributed by atoms with Gasteiger partial charge in [-0.15, -0.1) is 0 Å². The first-order valence-corrected chi connectivity index (χ1v) is 7.65. The fourth-order valence-corrected chi connectivity index (χ4v) is 2.79. The third-order valence-electron chi connectivity index (χ3n) is 4.00. The third-order valence-corrected chi connectivity index (χ3v) is 4.00. The number of aryl methyl sites for hydroxylation is 1. The van der Waals surface area contributed by atoms with Crippen LogP contribution in [0.5, 0.6) is 5.75 Å². The number of carboxylic acids is 1. The minimum absolute atomic E-state index is 0.118. The molecule has 1 saturated heterocycles. The van der Waals surface area contributed by atoms with Crippen molar-refractivity contribution in [3.8, 4) is 5.75 Å². The highest BCUT2D eigenvalue weighted by molar-refractivity contribution is 5.85. The molecule has 1 N–H and O–H groups in total. The lowest BCUT2D eigenvalue weighted by Gasteiger charge is -2.22. The number of rotatable bonds is 5. The van der Waals surface area contributed by atoms with Crippen LogP contribution >= 0.6 is 0 Å². The van der Waals surface area contributed by atoms with Crippen molar-refractivity contribution in [1.82, 2.24) is 4.90 Å². The largest absolute Gasteiger partial charge is 0.483 e. The standard InChI is InChI=1S/C17H23NO4/c1-11(2)13-7-6-12(3)9-15(13)22-10-16(19)18-8-4-5-14(18)17(20)21/h6-7,9,11,14H,4-5,8,10H2,1-3H3,(H,20,21)/t14-/m1/s1. The number of carboxylic acid groups (broad SMARTS) is 1. The van der Waals surface area contributed by atoms with E-state index in [1.54, 1.807) is 0 Å². The van der Waals surface area contributed by atoms with Crippen LogP contribution in [0.1, 0.15) is 43.7 Å². The summed E-state index contributed by atoms with van der Waals surface area (Å²) in [6.07, 6.45) is 1.24. The Balaban J connectivity index is 2.05. The van der Waals surface area contributed by atoms with Crippen molar-refractivity contribution >= 4 is 11.9 Å². The van der Waals surface area contributed by atoms with Gasteiger partial charge in [-0.25, -0.2) is 4.79 Å². The maximum Gasteiger partial charge on any atom is 0.326 e. The molecule has 1 atom stereocenters. The van der Waals surface area contributed by atoms with Gasteiger partial charge in [0.2, 0.25) is 0 Å². The second-order valence-corrected chi connectivity index (χ2v) is 6.07. The number of hydrogen-bond acceptors (Lipinski definition) is 3. The van der Waals surface area contributed by atoms with Gasteiger partial charge in [0.15, 0.2) is 6.61 Å². The van der Waals surface area contributed by atoms with Gasteiger partial charge < -0.3 is 14.7 Å². The lowest BCUT2D eigenvalue weighted by Crippen LogP contribution is -2.42. The zero-order chi connectivity index (χ0) is 16.3. The highest BCUT2D eigenvalue weighted by Gasteiger charge is 2.34. The highest BCUT2D eigenvalue weighted by Crippen LogP contribution is 2.27. The summed E-state index contributed by atoms with van der Waals surface area (Å²) in [6, 6.07) is 5.24. The number of carbonyl (C=O) groups is 2. The number of hydrogen-bond donors (Lipinski definition) is 1. The monoisotopic (exact) mass is 305 g/mol. The summed E-state index contributed by atoms with van der Waals surface area (Å²) >= 11 is 0. The fourth-order valence-electron chi connectivity index (χ4n) is 2.79. The second-order valence-electron chi connectivity index (χ2n) is 6.07. The molecule has 1 aromatic rings. The van der Waals surface area contributed by atoms with E-state index in [-0.39, 0.29) is 12.5 Å². The van der Waals surface area contributed by atoms with Gasteiger partial charge >= 0.3 is 5.97 Å². The second kappa shape index (κ2) is 6.81. The van der Waals surface area contributed by atoms with Crippen molar-refractivity contribution in [3.63, 3.8) is 0 Å². The summed E-state index contributed by atoms with van der Waals surface area (Å²) in [7, 11) is 0. The Morgan fingerprint density at radius 1 is 1.41 bits per heavy atom. The van der Waals surface area contributed by atoms with Gasteiger partial charge in [-0.3, -0.25) is 4.79 Å². The summed E-state index contributed by atoms with van der Waals surface area (Å²) in [4.78, 5) is 24.8. The number of ether oxygens (including phenoxy) is 1. The maximum atomic E-state index is 12.2. The number of nitrogens with zero attached hydrogens (tertiary/aromatic N) is 1. The lowest BCUT2D eigenvalue weighted by atomic mass is 10.0. The number of likely N-dealkylation sites (tertiary alicyclic amines) is 1. The molecule has 0 aliphatic carbocycles. The molecule has 1 aliphatic rings. The van der Waals surface area contributed by atoms with E-state index in [1.165, 1.54) is 4.90 Å². The van der Waals surface area contributed by atoms with Crippen molar-refractivity contribution in [3.05, 3.63) is 29.3 Å². The smallest absolute Gasteiger partial charge is 0.326 e. The summed E-state index contributed by atoms with van der Waals surface area (Å²) in [5.74, 6) is -0.205. The van der Waals surface area contributed by atoms with E-state index in [1.807, 2.05) is 25.1 Å². The van der Waals surface area contributed by atoms with Crippen molar-refractivity contribution in [2.45, 2.75) is 45.6 Å². The maximum absolute atomic E-state index is 12.2. The molecule has 5 nitrogen and oxygen atoms in total. The Morgan fingerprint density at radius 2 is 2.14 bits per heavy atom. The zero-order valence-corrected chi connectivity index (χ0v) is 13.3. The number of carbonyl (C=O) groups excluding carboxylic acids is 1. The normalized spacial score (nSPS) is 17.8. The van der Waals surface area contributed by atoms with Gasteiger partial charge in [-0.05, 0) is 42.9 Å². The number of benzene rings is 1. The van der Waals surface area contributed by atoms with Crippen molar-refractivity contribution in [2.75, 3.05) is 13.2 Å². The molecule has 1 aliphatic heterocycles. The first-order valence-electron chi connectivity index (χ1n) is 7.65. The first kappa shape index (κ1) is 16.3. The van der Waals surface area contributed by atoms with Gasteiger partial charge in [-0.2, -0.15) is 0 Å². The Hall–Kier alpha value is -2.04. The van der Waals surface area contributed by atoms with E-state index >= 15 is 0 Å². The Morgan fingerprint density at radius 3 is 2.77 bits per heavy atom. The Bertz CT molecular complexity index is 568. The highest BCUT2D eigenvalue weighted by atomic mass is 16.5. The van der Waals surface area contributed by atoms with E-state index in [0.717, 1.165) is 17.5 Å². The molecule has 120 valence electrons. The van der Waals surface area contributed by atoms with Crippen LogP contribution in [0, 0.1) is 6.92 Å². The Kier molecular flexibility index (Phi) is 5.06. The summed E-state index contributed by atoms with van der Waals surface area (Å²) in [5, 5.41) is 9.14. The van der Waals surface area contributed by atoms with E-state index in [4.69, 9.17) is 9.84 Å². The van der Waals surface area contributed by atoms with Crippen LogP contribution in [-0.4, -0.2) is 41.1 Å². The summed E-state index contributed by atoms with van der Waals surface area (Å²) < 4.78 is 5.70. The lowest BCUT2D eigenvalue weighted by molar-refractivity contribution is -0.148. The molecule has 1 aromatic carbocycles. The van der Waals surface area contributed by atoms with Crippen LogP contribution in [0.15, 0.2) is 18.2 Å². The quantitative estimate of drug-likeness (QED) is 0.908. The molecule has 22 heavy (non-hydrogen) atoms. The van der Waals surface area contributed by atoms with Crippen LogP contribution in [0.25, 0.3) is 0 Å². The van der Waals surface area contributed by atoms with Gasteiger partial charge in [0.05, 0.1) is 0 Å². The van der Waals surface area contributed by atoms with Crippen LogP contribution in [0.3, 0.4) is 0 Å². The molecule has 0 radical (unpaired) electrons. The molecular weight excluding hydrogens is 282 g/mol. The predicted octanol–water partition coefficient (Wildman–Crippen LogP) is 2.57. The van der Waals surface area contributed by atoms with Crippen LogP contribution in [0.2, 0.25) is 0 Å². The molecule has 0 saturated carbocycles. The molecule has 1 fully saturated rings. The van der Waals surface area contributed by atoms with E-state index < -0.39 is 12.0 Å². The Labute approximate surface area is 130 Å². The minimum Gasteiger partial charge on any atom is -0.483 e. The molecule has 1 heterocycles. The number of aliphatic carboxylic acids is 1. The van der Waals surface area contributed by atoms with Crippen molar-refractivity contribution < 1.29 is 19.4 Å². The molecule has 1 amide bonds. The van der Waals surface area contributed by atoms with E-state index in [2.05, 4.69) is 13.8 Å². The van der Waals surface area contributed by atoms with Gasteiger partial charge in [0.25, 0.3) is 5.91 Å². The predicted molar refractivity (Wildman–Crippen MR) is 83.1 cm³/mol. The van der Waals surface area contributed by atoms with Crippen LogP contribution in [0.4, 0.5) is 0 Å². The molecule has 0 unspecified atom stereocenters. The zero-order valence-electron chi connectivity index (χ0n) is 13.3. The third kappa shape index (κ3) is 3.59.